The molecule has 1 aromatic carbocycles. The second-order valence-electron chi connectivity index (χ2n) is 4.51. The van der Waals surface area contributed by atoms with Gasteiger partial charge in [0.05, 0.1) is 0 Å². The number of rotatable bonds is 3. The van der Waals surface area contributed by atoms with Crippen molar-refractivity contribution in [2.24, 2.45) is 0 Å². The van der Waals surface area contributed by atoms with E-state index in [1.807, 2.05) is 0 Å². The van der Waals surface area contributed by atoms with Gasteiger partial charge in [0, 0.05) is 17.5 Å². The minimum atomic E-state index is -1.05. The lowest BCUT2D eigenvalue weighted by Crippen LogP contribution is -2.42. The molecule has 1 aromatic rings. The van der Waals surface area contributed by atoms with Gasteiger partial charge < -0.3 is 5.32 Å². The summed E-state index contributed by atoms with van der Waals surface area (Å²) < 4.78 is 27.5. The smallest absolute Gasteiger partial charge is 0.126 e. The van der Waals surface area contributed by atoms with Crippen molar-refractivity contribution in [3.05, 3.63) is 34.6 Å². The van der Waals surface area contributed by atoms with Gasteiger partial charge in [-0.1, -0.05) is 18.0 Å². The van der Waals surface area contributed by atoms with Crippen LogP contribution in [0, 0.1) is 5.82 Å². The van der Waals surface area contributed by atoms with Crippen LogP contribution in [-0.2, 0) is 6.42 Å². The molecule has 94 valence electrons. The molecule has 2 atom stereocenters. The summed E-state index contributed by atoms with van der Waals surface area (Å²) in [7, 11) is 0. The zero-order chi connectivity index (χ0) is 12.3. The van der Waals surface area contributed by atoms with Crippen LogP contribution >= 0.6 is 11.6 Å². The van der Waals surface area contributed by atoms with Crippen molar-refractivity contribution >= 4 is 11.6 Å². The minimum Gasteiger partial charge on any atom is -0.311 e. The van der Waals surface area contributed by atoms with Crippen molar-refractivity contribution in [2.45, 2.75) is 37.9 Å². The van der Waals surface area contributed by atoms with Crippen molar-refractivity contribution in [1.29, 1.82) is 0 Å². The predicted octanol–water partition coefficient (Wildman–Crippen LogP) is 3.50. The highest BCUT2D eigenvalue weighted by Gasteiger charge is 2.23. The summed E-state index contributed by atoms with van der Waals surface area (Å²) in [6.45, 7) is 0.850. The second-order valence-corrected chi connectivity index (χ2v) is 4.95. The van der Waals surface area contributed by atoms with Crippen LogP contribution in [0.5, 0.6) is 0 Å². The molecule has 17 heavy (non-hydrogen) atoms. The Morgan fingerprint density at radius 1 is 1.41 bits per heavy atom. The third-order valence-corrected chi connectivity index (χ3v) is 3.44. The Hall–Kier alpha value is -0.670. The zero-order valence-electron chi connectivity index (χ0n) is 9.56. The van der Waals surface area contributed by atoms with Crippen LogP contribution < -0.4 is 5.32 Å². The Balaban J connectivity index is 2.01. The van der Waals surface area contributed by atoms with Crippen LogP contribution in [-0.4, -0.2) is 18.8 Å². The van der Waals surface area contributed by atoms with E-state index in [0.29, 0.717) is 10.6 Å². The largest absolute Gasteiger partial charge is 0.311 e. The van der Waals surface area contributed by atoms with Crippen molar-refractivity contribution in [3.63, 3.8) is 0 Å². The third-order valence-electron chi connectivity index (χ3n) is 3.21. The number of hydrogen-bond donors (Lipinski definition) is 1. The second kappa shape index (κ2) is 5.78. The molecule has 1 aliphatic rings. The fraction of sp³-hybridized carbons (Fsp3) is 0.538. The molecular formula is C13H16ClF2N. The van der Waals surface area contributed by atoms with Crippen molar-refractivity contribution in [3.8, 4) is 0 Å². The quantitative estimate of drug-likeness (QED) is 0.876. The first-order valence-electron chi connectivity index (χ1n) is 5.98. The van der Waals surface area contributed by atoms with E-state index in [1.54, 1.807) is 0 Å². The summed E-state index contributed by atoms with van der Waals surface area (Å²) in [6.07, 6.45) is 1.99. The van der Waals surface area contributed by atoms with Crippen LogP contribution in [0.1, 0.15) is 24.8 Å². The molecule has 0 spiro atoms. The molecule has 2 rings (SSSR count). The Bertz CT molecular complexity index is 378. The summed E-state index contributed by atoms with van der Waals surface area (Å²) in [5, 5.41) is 3.59. The molecule has 1 heterocycles. The van der Waals surface area contributed by atoms with Crippen LogP contribution in [0.15, 0.2) is 18.2 Å². The molecule has 0 saturated carbocycles. The molecule has 0 radical (unpaired) electrons. The lowest BCUT2D eigenvalue weighted by atomic mass is 9.96. The van der Waals surface area contributed by atoms with Gasteiger partial charge in [0.25, 0.3) is 0 Å². The summed E-state index contributed by atoms with van der Waals surface area (Å²) in [5.41, 5.74) is 0.359. The summed E-state index contributed by atoms with van der Waals surface area (Å²) in [5.74, 6) is -0.382. The Morgan fingerprint density at radius 3 is 2.94 bits per heavy atom. The number of hydrogen-bond acceptors (Lipinski definition) is 1. The lowest BCUT2D eigenvalue weighted by molar-refractivity contribution is 0.215. The standard InChI is InChI=1S/C13H16ClF2N/c14-10-4-5-11(15)9(7-10)8-12(16)13-3-1-2-6-17-13/h4-5,7,12-13,17H,1-3,6,8H2. The Labute approximate surface area is 105 Å². The highest BCUT2D eigenvalue weighted by atomic mass is 35.5. The van der Waals surface area contributed by atoms with E-state index in [0.717, 1.165) is 25.8 Å². The van der Waals surface area contributed by atoms with Crippen LogP contribution in [0.4, 0.5) is 8.78 Å². The van der Waals surface area contributed by atoms with Crippen LogP contribution in [0.3, 0.4) is 0 Å². The summed E-state index contributed by atoms with van der Waals surface area (Å²) in [6, 6.07) is 4.12. The molecule has 4 heteroatoms. The predicted molar refractivity (Wildman–Crippen MR) is 65.7 cm³/mol. The average Bonchev–Trinajstić information content (AvgIpc) is 2.35. The first-order valence-corrected chi connectivity index (χ1v) is 6.36. The van der Waals surface area contributed by atoms with Crippen molar-refractivity contribution in [2.75, 3.05) is 6.54 Å². The monoisotopic (exact) mass is 259 g/mol. The molecule has 0 aromatic heterocycles. The van der Waals surface area contributed by atoms with Crippen LogP contribution in [0.25, 0.3) is 0 Å². The average molecular weight is 260 g/mol. The molecule has 2 unspecified atom stereocenters. The molecule has 0 aliphatic carbocycles. The zero-order valence-corrected chi connectivity index (χ0v) is 10.3. The van der Waals surface area contributed by atoms with E-state index < -0.39 is 6.17 Å². The maximum Gasteiger partial charge on any atom is 0.126 e. The fourth-order valence-electron chi connectivity index (χ4n) is 2.24. The number of nitrogens with one attached hydrogen (secondary N) is 1. The summed E-state index contributed by atoms with van der Waals surface area (Å²) >= 11 is 5.78. The van der Waals surface area contributed by atoms with E-state index in [2.05, 4.69) is 5.32 Å². The van der Waals surface area contributed by atoms with E-state index >= 15 is 0 Å². The van der Waals surface area contributed by atoms with Gasteiger partial charge in [-0.25, -0.2) is 8.78 Å². The lowest BCUT2D eigenvalue weighted by Gasteiger charge is -2.26. The maximum absolute atomic E-state index is 14.0. The highest BCUT2D eigenvalue weighted by Crippen LogP contribution is 2.21. The molecule has 1 nitrogen and oxygen atoms in total. The van der Waals surface area contributed by atoms with E-state index in [4.69, 9.17) is 11.6 Å². The maximum atomic E-state index is 14.0. The molecule has 1 aliphatic heterocycles. The van der Waals surface area contributed by atoms with Gasteiger partial charge in [-0.2, -0.15) is 0 Å². The SMILES string of the molecule is Fc1ccc(Cl)cc1CC(F)C1CCCCN1. The Morgan fingerprint density at radius 2 is 2.24 bits per heavy atom. The van der Waals surface area contributed by atoms with E-state index in [-0.39, 0.29) is 18.3 Å². The topological polar surface area (TPSA) is 12.0 Å². The van der Waals surface area contributed by atoms with Gasteiger partial charge in [0.2, 0.25) is 0 Å². The fourth-order valence-corrected chi connectivity index (χ4v) is 2.43. The van der Waals surface area contributed by atoms with Gasteiger partial charge in [-0.05, 0) is 43.1 Å². The van der Waals surface area contributed by atoms with Gasteiger partial charge in [0.1, 0.15) is 12.0 Å². The van der Waals surface area contributed by atoms with Crippen LogP contribution in [0.2, 0.25) is 5.02 Å². The van der Waals surface area contributed by atoms with E-state index in [1.165, 1.54) is 18.2 Å². The summed E-state index contributed by atoms with van der Waals surface area (Å²) in [4.78, 5) is 0. The molecular weight excluding hydrogens is 244 g/mol. The molecule has 1 fully saturated rings. The minimum absolute atomic E-state index is 0.0874. The van der Waals surface area contributed by atoms with Gasteiger partial charge in [0.15, 0.2) is 0 Å². The third kappa shape index (κ3) is 3.39. The van der Waals surface area contributed by atoms with Gasteiger partial charge in [-0.15, -0.1) is 0 Å². The Kier molecular flexibility index (Phi) is 4.35. The highest BCUT2D eigenvalue weighted by molar-refractivity contribution is 6.30. The van der Waals surface area contributed by atoms with Crippen molar-refractivity contribution in [1.82, 2.24) is 5.32 Å². The molecule has 1 N–H and O–H groups in total. The van der Waals surface area contributed by atoms with Gasteiger partial charge >= 0.3 is 0 Å². The number of piperidine rings is 1. The first kappa shape index (κ1) is 12.8. The van der Waals surface area contributed by atoms with Crippen molar-refractivity contribution < 1.29 is 8.78 Å². The number of alkyl halides is 1. The van der Waals surface area contributed by atoms with E-state index in [9.17, 15) is 8.78 Å². The molecule has 0 bridgehead atoms. The number of benzene rings is 1. The molecule has 0 amide bonds. The number of halogens is 3. The van der Waals surface area contributed by atoms with Gasteiger partial charge in [-0.3, -0.25) is 0 Å². The normalized spacial score (nSPS) is 22.4. The molecule has 1 saturated heterocycles. The first-order chi connectivity index (χ1) is 8.16.